The van der Waals surface area contributed by atoms with E-state index >= 15 is 0 Å². The number of para-hydroxylation sites is 1. The van der Waals surface area contributed by atoms with Gasteiger partial charge in [-0.3, -0.25) is 4.79 Å². The second-order valence-electron chi connectivity index (χ2n) is 7.20. The molecule has 3 aromatic rings. The molecular formula is C22H23ClN2O5S. The number of benzene rings is 2. The van der Waals surface area contributed by atoms with Crippen LogP contribution in [0.4, 0.5) is 0 Å². The van der Waals surface area contributed by atoms with Crippen LogP contribution in [-0.4, -0.2) is 56.3 Å². The number of halogens is 1. The Morgan fingerprint density at radius 1 is 1.10 bits per heavy atom. The van der Waals surface area contributed by atoms with E-state index in [0.29, 0.717) is 17.2 Å². The van der Waals surface area contributed by atoms with E-state index in [2.05, 4.69) is 0 Å². The summed E-state index contributed by atoms with van der Waals surface area (Å²) in [4.78, 5) is 15.0. The van der Waals surface area contributed by atoms with Gasteiger partial charge in [-0.15, -0.1) is 0 Å². The van der Waals surface area contributed by atoms with Crippen molar-refractivity contribution in [3.63, 3.8) is 0 Å². The van der Waals surface area contributed by atoms with Crippen LogP contribution in [0.2, 0.25) is 5.02 Å². The highest BCUT2D eigenvalue weighted by molar-refractivity contribution is 7.89. The number of hydrogen-bond donors (Lipinski definition) is 0. The molecule has 2 aromatic carbocycles. The Morgan fingerprint density at radius 3 is 2.55 bits per heavy atom. The Morgan fingerprint density at radius 2 is 1.84 bits per heavy atom. The lowest BCUT2D eigenvalue weighted by Gasteiger charge is -2.33. The first-order valence-electron chi connectivity index (χ1n) is 10.0. The predicted octanol–water partition coefficient (Wildman–Crippen LogP) is 3.77. The van der Waals surface area contributed by atoms with Crippen LogP contribution in [-0.2, 0) is 21.4 Å². The fourth-order valence-electron chi connectivity index (χ4n) is 3.67. The molecule has 1 aliphatic heterocycles. The van der Waals surface area contributed by atoms with Gasteiger partial charge in [0.15, 0.2) is 5.76 Å². The number of amides is 1. The lowest BCUT2D eigenvalue weighted by atomic mass is 10.1. The zero-order chi connectivity index (χ0) is 22.0. The molecule has 0 radical (unpaired) electrons. The van der Waals surface area contributed by atoms with Gasteiger partial charge in [-0.2, -0.15) is 4.31 Å². The third-order valence-electron chi connectivity index (χ3n) is 5.30. The summed E-state index contributed by atoms with van der Waals surface area (Å²) in [6, 6.07) is 13.7. The number of carbonyl (C=O) groups excluding carboxylic acids is 1. The van der Waals surface area contributed by atoms with Crippen LogP contribution < -0.4 is 0 Å². The fourth-order valence-corrected chi connectivity index (χ4v) is 5.39. The standard InChI is InChI=1S/C22H23ClN2O5S/c1-2-29-15-19-18-8-3-4-9-20(18)30-21(19)22(26)24-10-12-25(13-11-24)31(27,28)17-7-5-6-16(23)14-17/h3-9,14H,2,10-13,15H2,1H3. The van der Waals surface area contributed by atoms with E-state index in [9.17, 15) is 13.2 Å². The zero-order valence-corrected chi connectivity index (χ0v) is 18.7. The molecule has 1 aliphatic rings. The number of nitrogens with zero attached hydrogens (tertiary/aromatic N) is 2. The minimum atomic E-state index is -3.67. The number of hydrogen-bond acceptors (Lipinski definition) is 5. The predicted molar refractivity (Wildman–Crippen MR) is 118 cm³/mol. The van der Waals surface area contributed by atoms with E-state index in [1.54, 1.807) is 17.0 Å². The van der Waals surface area contributed by atoms with Gasteiger partial charge in [0.05, 0.1) is 11.5 Å². The smallest absolute Gasteiger partial charge is 0.290 e. The van der Waals surface area contributed by atoms with Crippen molar-refractivity contribution < 1.29 is 22.4 Å². The Bertz CT molecular complexity index is 1200. The third-order valence-corrected chi connectivity index (χ3v) is 7.43. The SMILES string of the molecule is CCOCc1c(C(=O)N2CCN(S(=O)(=O)c3cccc(Cl)c3)CC2)oc2ccccc12. The number of ether oxygens (including phenoxy) is 1. The van der Waals surface area contributed by atoms with Gasteiger partial charge in [0, 0.05) is 48.8 Å². The van der Waals surface area contributed by atoms with Crippen molar-refractivity contribution in [2.45, 2.75) is 18.4 Å². The topological polar surface area (TPSA) is 80.1 Å². The highest BCUT2D eigenvalue weighted by Crippen LogP contribution is 2.28. The van der Waals surface area contributed by atoms with Crippen molar-refractivity contribution in [1.82, 2.24) is 9.21 Å². The quantitative estimate of drug-likeness (QED) is 0.557. The van der Waals surface area contributed by atoms with Crippen molar-refractivity contribution in [3.8, 4) is 0 Å². The number of rotatable bonds is 6. The molecule has 1 saturated heterocycles. The van der Waals surface area contributed by atoms with Crippen LogP contribution in [0.5, 0.6) is 0 Å². The van der Waals surface area contributed by atoms with Crippen molar-refractivity contribution in [1.29, 1.82) is 0 Å². The molecule has 0 atom stereocenters. The third kappa shape index (κ3) is 4.34. The second-order valence-corrected chi connectivity index (χ2v) is 9.57. The highest BCUT2D eigenvalue weighted by Gasteiger charge is 2.32. The van der Waals surface area contributed by atoms with Crippen LogP contribution in [0.3, 0.4) is 0 Å². The van der Waals surface area contributed by atoms with Gasteiger partial charge in [-0.1, -0.05) is 35.9 Å². The highest BCUT2D eigenvalue weighted by atomic mass is 35.5. The van der Waals surface area contributed by atoms with Gasteiger partial charge >= 0.3 is 0 Å². The van der Waals surface area contributed by atoms with E-state index in [-0.39, 0.29) is 49.3 Å². The monoisotopic (exact) mass is 462 g/mol. The molecule has 1 aromatic heterocycles. The van der Waals surface area contributed by atoms with Gasteiger partial charge in [0.2, 0.25) is 10.0 Å². The molecule has 2 heterocycles. The Balaban J connectivity index is 1.52. The number of fused-ring (bicyclic) bond motifs is 1. The van der Waals surface area contributed by atoms with E-state index in [4.69, 9.17) is 20.8 Å². The number of furan rings is 1. The van der Waals surface area contributed by atoms with Gasteiger partial charge in [-0.05, 0) is 31.2 Å². The molecular weight excluding hydrogens is 440 g/mol. The molecule has 164 valence electrons. The van der Waals surface area contributed by atoms with Crippen molar-refractivity contribution >= 4 is 38.5 Å². The number of carbonyl (C=O) groups is 1. The van der Waals surface area contributed by atoms with Crippen LogP contribution in [0, 0.1) is 0 Å². The molecule has 0 bridgehead atoms. The molecule has 1 amide bonds. The molecule has 31 heavy (non-hydrogen) atoms. The number of piperazine rings is 1. The number of sulfonamides is 1. The molecule has 9 heteroatoms. The van der Waals surface area contributed by atoms with Crippen molar-refractivity contribution in [2.75, 3.05) is 32.8 Å². The maximum absolute atomic E-state index is 13.2. The summed E-state index contributed by atoms with van der Waals surface area (Å²) >= 11 is 5.95. The fraction of sp³-hybridized carbons (Fsp3) is 0.318. The minimum absolute atomic E-state index is 0.149. The second kappa shape index (κ2) is 9.00. The maximum atomic E-state index is 13.2. The minimum Gasteiger partial charge on any atom is -0.451 e. The first-order valence-corrected chi connectivity index (χ1v) is 11.9. The van der Waals surface area contributed by atoms with E-state index in [1.165, 1.54) is 16.4 Å². The molecule has 0 saturated carbocycles. The molecule has 4 rings (SSSR count). The van der Waals surface area contributed by atoms with Crippen LogP contribution in [0.1, 0.15) is 23.0 Å². The van der Waals surface area contributed by atoms with E-state index < -0.39 is 10.0 Å². The molecule has 0 unspecified atom stereocenters. The Labute approximate surface area is 186 Å². The zero-order valence-electron chi connectivity index (χ0n) is 17.1. The summed E-state index contributed by atoms with van der Waals surface area (Å²) < 4.78 is 38.6. The molecule has 0 aliphatic carbocycles. The molecule has 0 N–H and O–H groups in total. The van der Waals surface area contributed by atoms with Crippen molar-refractivity contribution in [3.05, 3.63) is 64.9 Å². The lowest BCUT2D eigenvalue weighted by molar-refractivity contribution is 0.0658. The van der Waals surface area contributed by atoms with Crippen LogP contribution in [0.25, 0.3) is 11.0 Å². The Kier molecular flexibility index (Phi) is 6.34. The Hall–Kier alpha value is -2.39. The summed E-state index contributed by atoms with van der Waals surface area (Å²) in [6.07, 6.45) is 0. The largest absolute Gasteiger partial charge is 0.451 e. The van der Waals surface area contributed by atoms with Gasteiger partial charge in [0.25, 0.3) is 5.91 Å². The van der Waals surface area contributed by atoms with E-state index in [0.717, 1.165) is 10.9 Å². The van der Waals surface area contributed by atoms with Gasteiger partial charge in [-0.25, -0.2) is 8.42 Å². The van der Waals surface area contributed by atoms with Gasteiger partial charge < -0.3 is 14.1 Å². The van der Waals surface area contributed by atoms with Gasteiger partial charge in [0.1, 0.15) is 5.58 Å². The summed E-state index contributed by atoms with van der Waals surface area (Å²) in [5, 5.41) is 1.21. The maximum Gasteiger partial charge on any atom is 0.290 e. The average Bonchev–Trinajstić information content (AvgIpc) is 3.15. The van der Waals surface area contributed by atoms with E-state index in [1.807, 2.05) is 31.2 Å². The summed E-state index contributed by atoms with van der Waals surface area (Å²) in [6.45, 7) is 3.62. The molecule has 0 spiro atoms. The van der Waals surface area contributed by atoms with Crippen molar-refractivity contribution in [2.24, 2.45) is 0 Å². The van der Waals surface area contributed by atoms with Crippen LogP contribution >= 0.6 is 11.6 Å². The first kappa shape index (κ1) is 21.8. The average molecular weight is 463 g/mol. The first-order chi connectivity index (χ1) is 14.9. The lowest BCUT2D eigenvalue weighted by Crippen LogP contribution is -2.50. The molecule has 7 nitrogen and oxygen atoms in total. The normalized spacial score (nSPS) is 15.5. The van der Waals surface area contributed by atoms with Crippen LogP contribution in [0.15, 0.2) is 57.8 Å². The molecule has 1 fully saturated rings. The summed E-state index contributed by atoms with van der Waals surface area (Å²) in [7, 11) is -3.67. The summed E-state index contributed by atoms with van der Waals surface area (Å²) in [5.41, 5.74) is 1.35. The summed E-state index contributed by atoms with van der Waals surface area (Å²) in [5.74, 6) is -0.00787.